The molecule has 5 nitrogen and oxygen atoms in total. The summed E-state index contributed by atoms with van der Waals surface area (Å²) in [5, 5.41) is 11.9. The lowest BCUT2D eigenvalue weighted by atomic mass is 9.95. The van der Waals surface area contributed by atoms with Crippen LogP contribution in [0.5, 0.6) is 0 Å². The predicted molar refractivity (Wildman–Crippen MR) is 60.5 cm³/mol. The van der Waals surface area contributed by atoms with Crippen molar-refractivity contribution < 1.29 is 19.4 Å². The van der Waals surface area contributed by atoms with Gasteiger partial charge in [-0.1, -0.05) is 0 Å². The van der Waals surface area contributed by atoms with Gasteiger partial charge in [-0.25, -0.2) is 4.79 Å². The van der Waals surface area contributed by atoms with Crippen molar-refractivity contribution in [2.24, 2.45) is 5.92 Å². The molecule has 1 aliphatic heterocycles. The SMILES string of the molecule is C[C@@H]1CC[C@H](C(=O)N[C@](C)(C(=O)O)C2CC2)O1. The second-order valence-corrected chi connectivity index (χ2v) is 5.28. The van der Waals surface area contributed by atoms with Crippen LogP contribution in [-0.4, -0.2) is 34.7 Å². The minimum Gasteiger partial charge on any atom is -0.480 e. The quantitative estimate of drug-likeness (QED) is 0.767. The largest absolute Gasteiger partial charge is 0.480 e. The van der Waals surface area contributed by atoms with Gasteiger partial charge in [-0.05, 0) is 45.4 Å². The van der Waals surface area contributed by atoms with E-state index in [9.17, 15) is 14.7 Å². The van der Waals surface area contributed by atoms with Crippen LogP contribution >= 0.6 is 0 Å². The van der Waals surface area contributed by atoms with Crippen LogP contribution in [0.3, 0.4) is 0 Å². The summed E-state index contributed by atoms with van der Waals surface area (Å²) in [6, 6.07) is 0. The summed E-state index contributed by atoms with van der Waals surface area (Å²) < 4.78 is 5.44. The molecule has 2 aliphatic rings. The molecule has 0 aromatic carbocycles. The highest BCUT2D eigenvalue weighted by Crippen LogP contribution is 2.40. The number of carboxylic acid groups (broad SMARTS) is 1. The number of ether oxygens (including phenoxy) is 1. The average Bonchev–Trinajstić information content (AvgIpc) is 3.01. The van der Waals surface area contributed by atoms with Crippen LogP contribution in [0.1, 0.15) is 39.5 Å². The van der Waals surface area contributed by atoms with Gasteiger partial charge in [-0.2, -0.15) is 0 Å². The lowest BCUT2D eigenvalue weighted by Gasteiger charge is -2.27. The summed E-state index contributed by atoms with van der Waals surface area (Å²) in [7, 11) is 0. The van der Waals surface area contributed by atoms with E-state index in [-0.39, 0.29) is 17.9 Å². The minimum atomic E-state index is -1.13. The Morgan fingerprint density at radius 2 is 1.94 bits per heavy atom. The van der Waals surface area contributed by atoms with E-state index in [1.54, 1.807) is 6.92 Å². The number of nitrogens with one attached hydrogen (secondary N) is 1. The molecule has 1 amide bonds. The van der Waals surface area contributed by atoms with Crippen molar-refractivity contribution in [1.29, 1.82) is 0 Å². The minimum absolute atomic E-state index is 0.0581. The van der Waals surface area contributed by atoms with Crippen molar-refractivity contribution in [2.75, 3.05) is 0 Å². The summed E-state index contributed by atoms with van der Waals surface area (Å²) in [5.74, 6) is -1.19. The molecule has 1 saturated carbocycles. The summed E-state index contributed by atoms with van der Waals surface area (Å²) in [6.45, 7) is 3.51. The Kier molecular flexibility index (Phi) is 3.12. The van der Waals surface area contributed by atoms with E-state index < -0.39 is 17.6 Å². The van der Waals surface area contributed by atoms with E-state index in [0.717, 1.165) is 19.3 Å². The second-order valence-electron chi connectivity index (χ2n) is 5.28. The molecule has 1 aliphatic carbocycles. The topological polar surface area (TPSA) is 75.6 Å². The first-order valence-electron chi connectivity index (χ1n) is 6.14. The molecule has 1 heterocycles. The third kappa shape index (κ3) is 2.44. The zero-order valence-electron chi connectivity index (χ0n) is 10.2. The highest BCUT2D eigenvalue weighted by molar-refractivity contribution is 5.89. The van der Waals surface area contributed by atoms with Crippen molar-refractivity contribution in [2.45, 2.75) is 57.3 Å². The third-order valence-corrected chi connectivity index (χ3v) is 3.75. The number of rotatable bonds is 4. The number of hydrogen-bond acceptors (Lipinski definition) is 3. The number of amides is 1. The van der Waals surface area contributed by atoms with Crippen LogP contribution in [0.2, 0.25) is 0 Å². The van der Waals surface area contributed by atoms with E-state index in [2.05, 4.69) is 5.32 Å². The Hall–Kier alpha value is -1.10. The molecular formula is C12H19NO4. The van der Waals surface area contributed by atoms with E-state index in [1.807, 2.05) is 6.92 Å². The van der Waals surface area contributed by atoms with Crippen LogP contribution in [0.25, 0.3) is 0 Å². The number of carboxylic acids is 1. The van der Waals surface area contributed by atoms with E-state index in [4.69, 9.17) is 4.74 Å². The molecule has 17 heavy (non-hydrogen) atoms. The van der Waals surface area contributed by atoms with Gasteiger partial charge in [-0.3, -0.25) is 4.79 Å². The first kappa shape index (κ1) is 12.4. The maximum Gasteiger partial charge on any atom is 0.329 e. The first-order valence-corrected chi connectivity index (χ1v) is 6.14. The monoisotopic (exact) mass is 241 g/mol. The second kappa shape index (κ2) is 4.29. The fourth-order valence-corrected chi connectivity index (χ4v) is 2.32. The standard InChI is InChI=1S/C12H19NO4/c1-7-3-6-9(17-7)10(14)13-12(2,11(15)16)8-4-5-8/h7-9H,3-6H2,1-2H3,(H,13,14)(H,15,16)/t7-,9-,12+/m1/s1. The summed E-state index contributed by atoms with van der Waals surface area (Å²) in [5.41, 5.74) is -1.13. The van der Waals surface area contributed by atoms with Gasteiger partial charge >= 0.3 is 5.97 Å². The van der Waals surface area contributed by atoms with Gasteiger partial charge in [0.2, 0.25) is 5.91 Å². The molecule has 0 aromatic rings. The van der Waals surface area contributed by atoms with Gasteiger partial charge < -0.3 is 15.2 Å². The Morgan fingerprint density at radius 3 is 2.35 bits per heavy atom. The van der Waals surface area contributed by atoms with Crippen molar-refractivity contribution in [1.82, 2.24) is 5.32 Å². The molecule has 2 rings (SSSR count). The molecule has 5 heteroatoms. The number of carbonyl (C=O) groups excluding carboxylic acids is 1. The van der Waals surface area contributed by atoms with E-state index >= 15 is 0 Å². The molecule has 96 valence electrons. The molecule has 1 saturated heterocycles. The summed E-state index contributed by atoms with van der Waals surface area (Å²) in [4.78, 5) is 23.2. The Labute approximate surface area is 101 Å². The van der Waals surface area contributed by atoms with Crippen LogP contribution in [0, 0.1) is 5.92 Å². The maximum atomic E-state index is 11.9. The highest BCUT2D eigenvalue weighted by atomic mass is 16.5. The molecular weight excluding hydrogens is 222 g/mol. The van der Waals surface area contributed by atoms with Crippen molar-refractivity contribution in [3.63, 3.8) is 0 Å². The van der Waals surface area contributed by atoms with Crippen LogP contribution in [-0.2, 0) is 14.3 Å². The average molecular weight is 241 g/mol. The van der Waals surface area contributed by atoms with Gasteiger partial charge in [-0.15, -0.1) is 0 Å². The van der Waals surface area contributed by atoms with Gasteiger partial charge in [0.15, 0.2) is 0 Å². The van der Waals surface area contributed by atoms with Crippen molar-refractivity contribution in [3.8, 4) is 0 Å². The first-order chi connectivity index (χ1) is 7.93. The highest BCUT2D eigenvalue weighted by Gasteiger charge is 2.49. The zero-order chi connectivity index (χ0) is 12.6. The molecule has 0 unspecified atom stereocenters. The maximum absolute atomic E-state index is 11.9. The summed E-state index contributed by atoms with van der Waals surface area (Å²) >= 11 is 0. The van der Waals surface area contributed by atoms with Crippen molar-refractivity contribution >= 4 is 11.9 Å². The van der Waals surface area contributed by atoms with Crippen LogP contribution < -0.4 is 5.32 Å². The van der Waals surface area contributed by atoms with Gasteiger partial charge in [0.25, 0.3) is 0 Å². The fourth-order valence-electron chi connectivity index (χ4n) is 2.32. The molecule has 2 fully saturated rings. The molecule has 0 radical (unpaired) electrons. The van der Waals surface area contributed by atoms with Gasteiger partial charge in [0.05, 0.1) is 6.10 Å². The molecule has 0 bridgehead atoms. The fraction of sp³-hybridized carbons (Fsp3) is 0.833. The summed E-state index contributed by atoms with van der Waals surface area (Å²) in [6.07, 6.45) is 2.86. The number of aliphatic carboxylic acids is 1. The molecule has 3 atom stereocenters. The van der Waals surface area contributed by atoms with E-state index in [0.29, 0.717) is 6.42 Å². The van der Waals surface area contributed by atoms with Gasteiger partial charge in [0, 0.05) is 0 Å². The van der Waals surface area contributed by atoms with E-state index in [1.165, 1.54) is 0 Å². The third-order valence-electron chi connectivity index (χ3n) is 3.75. The van der Waals surface area contributed by atoms with Gasteiger partial charge in [0.1, 0.15) is 11.6 Å². The van der Waals surface area contributed by atoms with Crippen LogP contribution in [0.4, 0.5) is 0 Å². The van der Waals surface area contributed by atoms with Crippen molar-refractivity contribution in [3.05, 3.63) is 0 Å². The zero-order valence-corrected chi connectivity index (χ0v) is 10.2. The lowest BCUT2D eigenvalue weighted by molar-refractivity contribution is -0.150. The Balaban J connectivity index is 1.98. The Morgan fingerprint density at radius 1 is 1.29 bits per heavy atom. The molecule has 0 aromatic heterocycles. The Bertz CT molecular complexity index is 339. The van der Waals surface area contributed by atoms with Crippen LogP contribution in [0.15, 0.2) is 0 Å². The normalized spacial score (nSPS) is 31.9. The molecule has 0 spiro atoms. The molecule has 2 N–H and O–H groups in total. The predicted octanol–water partition coefficient (Wildman–Crippen LogP) is 0.923. The lowest BCUT2D eigenvalue weighted by Crippen LogP contribution is -2.56. The number of carbonyl (C=O) groups is 2. The number of hydrogen-bond donors (Lipinski definition) is 2. The smallest absolute Gasteiger partial charge is 0.329 e.